The molecule has 6 heteroatoms. The summed E-state index contributed by atoms with van der Waals surface area (Å²) in [4.78, 5) is 12.7. The van der Waals surface area contributed by atoms with E-state index in [-0.39, 0.29) is 5.91 Å². The first-order valence-electron chi connectivity index (χ1n) is 8.23. The maximum atomic E-state index is 12.7. The minimum absolute atomic E-state index is 0.181. The summed E-state index contributed by atoms with van der Waals surface area (Å²) < 4.78 is 3.64. The first-order valence-corrected chi connectivity index (χ1v) is 8.61. The smallest absolute Gasteiger partial charge is 0.272 e. The zero-order chi connectivity index (χ0) is 18.1. The number of nitrogens with one attached hydrogen (secondary N) is 1. The molecule has 5 nitrogen and oxygen atoms in total. The average molecular weight is 365 g/mol. The Morgan fingerprint density at radius 1 is 1.15 bits per heavy atom. The zero-order valence-electron chi connectivity index (χ0n) is 14.2. The fourth-order valence-corrected chi connectivity index (χ4v) is 3.17. The lowest BCUT2D eigenvalue weighted by Gasteiger charge is -2.05. The lowest BCUT2D eigenvalue weighted by molar-refractivity contribution is 0.101. The second kappa shape index (κ2) is 6.69. The lowest BCUT2D eigenvalue weighted by Crippen LogP contribution is -2.15. The van der Waals surface area contributed by atoms with Gasteiger partial charge < -0.3 is 9.88 Å². The van der Waals surface area contributed by atoms with Crippen molar-refractivity contribution in [2.45, 2.75) is 6.54 Å². The average Bonchev–Trinajstić information content (AvgIpc) is 3.20. The van der Waals surface area contributed by atoms with Gasteiger partial charge in [-0.1, -0.05) is 48.0 Å². The van der Waals surface area contributed by atoms with Gasteiger partial charge in [0.1, 0.15) is 5.69 Å². The molecule has 0 fully saturated rings. The highest BCUT2D eigenvalue weighted by atomic mass is 35.5. The van der Waals surface area contributed by atoms with E-state index >= 15 is 0 Å². The molecule has 0 aliphatic heterocycles. The van der Waals surface area contributed by atoms with E-state index in [0.717, 1.165) is 16.5 Å². The Labute approximate surface area is 155 Å². The lowest BCUT2D eigenvalue weighted by atomic mass is 10.2. The van der Waals surface area contributed by atoms with Crippen LogP contribution in [0.1, 0.15) is 16.1 Å². The van der Waals surface area contributed by atoms with Gasteiger partial charge in [-0.15, -0.1) is 0 Å². The summed E-state index contributed by atoms with van der Waals surface area (Å²) in [6, 6.07) is 17.5. The molecule has 1 amide bonds. The van der Waals surface area contributed by atoms with Crippen LogP contribution in [-0.2, 0) is 13.6 Å². The SMILES string of the molecule is Cn1c(C(=O)Nc2cnn(Cc3ccccc3)c2)cc2ccc(Cl)cc21. The third kappa shape index (κ3) is 3.21. The summed E-state index contributed by atoms with van der Waals surface area (Å²) >= 11 is 6.05. The highest BCUT2D eigenvalue weighted by Crippen LogP contribution is 2.23. The van der Waals surface area contributed by atoms with Crippen LogP contribution in [0.5, 0.6) is 0 Å². The summed E-state index contributed by atoms with van der Waals surface area (Å²) in [6.07, 6.45) is 3.48. The molecule has 130 valence electrons. The van der Waals surface area contributed by atoms with Crippen LogP contribution < -0.4 is 5.32 Å². The number of fused-ring (bicyclic) bond motifs is 1. The summed E-state index contributed by atoms with van der Waals surface area (Å²) in [5, 5.41) is 8.84. The largest absolute Gasteiger partial charge is 0.340 e. The summed E-state index contributed by atoms with van der Waals surface area (Å²) in [5.74, 6) is -0.181. The van der Waals surface area contributed by atoms with Crippen LogP contribution in [0.3, 0.4) is 0 Å². The number of halogens is 1. The highest BCUT2D eigenvalue weighted by Gasteiger charge is 2.14. The zero-order valence-corrected chi connectivity index (χ0v) is 14.9. The van der Waals surface area contributed by atoms with Gasteiger partial charge in [0.05, 0.1) is 18.4 Å². The van der Waals surface area contributed by atoms with Gasteiger partial charge in [-0.25, -0.2) is 0 Å². The van der Waals surface area contributed by atoms with E-state index < -0.39 is 0 Å². The third-order valence-corrected chi connectivity index (χ3v) is 4.55. The van der Waals surface area contributed by atoms with Gasteiger partial charge >= 0.3 is 0 Å². The monoisotopic (exact) mass is 364 g/mol. The molecule has 4 rings (SSSR count). The number of nitrogens with zero attached hydrogens (tertiary/aromatic N) is 3. The Balaban J connectivity index is 1.53. The molecule has 1 N–H and O–H groups in total. The fourth-order valence-electron chi connectivity index (χ4n) is 3.00. The minimum Gasteiger partial charge on any atom is -0.340 e. The molecule has 4 aromatic rings. The predicted octanol–water partition coefficient (Wildman–Crippen LogP) is 4.33. The van der Waals surface area contributed by atoms with Crippen molar-refractivity contribution in [2.24, 2.45) is 7.05 Å². The van der Waals surface area contributed by atoms with Crippen molar-refractivity contribution in [3.05, 3.63) is 83.3 Å². The molecule has 0 spiro atoms. The van der Waals surface area contributed by atoms with Crippen molar-refractivity contribution in [1.29, 1.82) is 0 Å². The third-order valence-electron chi connectivity index (χ3n) is 4.32. The Morgan fingerprint density at radius 2 is 1.96 bits per heavy atom. The topological polar surface area (TPSA) is 51.9 Å². The first kappa shape index (κ1) is 16.4. The standard InChI is InChI=1S/C20H17ClN4O/c1-24-18-10-16(21)8-7-15(18)9-19(24)20(26)23-17-11-22-25(13-17)12-14-5-3-2-4-6-14/h2-11,13H,12H2,1H3,(H,23,26). The van der Waals surface area contributed by atoms with Gasteiger partial charge in [-0.2, -0.15) is 5.10 Å². The van der Waals surface area contributed by atoms with E-state index in [9.17, 15) is 4.79 Å². The second-order valence-corrected chi connectivity index (χ2v) is 6.59. The maximum absolute atomic E-state index is 12.7. The molecule has 26 heavy (non-hydrogen) atoms. The van der Waals surface area contributed by atoms with Crippen LogP contribution in [-0.4, -0.2) is 20.3 Å². The normalized spacial score (nSPS) is 11.0. The molecule has 2 aromatic heterocycles. The van der Waals surface area contributed by atoms with Gasteiger partial charge in [0.15, 0.2) is 0 Å². The van der Waals surface area contributed by atoms with E-state index in [1.807, 2.05) is 72.4 Å². The number of hydrogen-bond donors (Lipinski definition) is 1. The molecule has 0 aliphatic carbocycles. The van der Waals surface area contributed by atoms with Crippen LogP contribution in [0, 0.1) is 0 Å². The molecule has 0 saturated heterocycles. The number of benzene rings is 2. The molecule has 0 unspecified atom stereocenters. The predicted molar refractivity (Wildman–Crippen MR) is 104 cm³/mol. The number of hydrogen-bond acceptors (Lipinski definition) is 2. The van der Waals surface area contributed by atoms with E-state index in [1.165, 1.54) is 0 Å². The molecular weight excluding hydrogens is 348 g/mol. The number of aryl methyl sites for hydroxylation is 1. The van der Waals surface area contributed by atoms with Gasteiger partial charge in [-0.3, -0.25) is 9.48 Å². The van der Waals surface area contributed by atoms with Crippen molar-refractivity contribution < 1.29 is 4.79 Å². The quantitative estimate of drug-likeness (QED) is 0.586. The molecule has 0 atom stereocenters. The molecular formula is C20H17ClN4O. The van der Waals surface area contributed by atoms with Crippen LogP contribution in [0.15, 0.2) is 67.0 Å². The van der Waals surface area contributed by atoms with Crippen LogP contribution in [0.2, 0.25) is 5.02 Å². The minimum atomic E-state index is -0.181. The van der Waals surface area contributed by atoms with Crippen LogP contribution >= 0.6 is 11.6 Å². The summed E-state index contributed by atoms with van der Waals surface area (Å²) in [6.45, 7) is 0.656. The molecule has 2 aromatic carbocycles. The molecule has 0 radical (unpaired) electrons. The first-order chi connectivity index (χ1) is 12.6. The number of carbonyl (C=O) groups is 1. The Kier molecular flexibility index (Phi) is 4.22. The highest BCUT2D eigenvalue weighted by molar-refractivity contribution is 6.31. The number of anilines is 1. The molecule has 2 heterocycles. The summed E-state index contributed by atoms with van der Waals surface area (Å²) in [7, 11) is 1.85. The summed E-state index contributed by atoms with van der Waals surface area (Å²) in [5.41, 5.74) is 3.30. The number of carbonyl (C=O) groups excluding carboxylic acids is 1. The van der Waals surface area contributed by atoms with Crippen molar-refractivity contribution in [3.8, 4) is 0 Å². The molecule has 0 saturated carbocycles. The molecule has 0 bridgehead atoms. The van der Waals surface area contributed by atoms with Crippen molar-refractivity contribution in [2.75, 3.05) is 5.32 Å². The van der Waals surface area contributed by atoms with Crippen LogP contribution in [0.25, 0.3) is 10.9 Å². The number of rotatable bonds is 4. The van der Waals surface area contributed by atoms with Crippen LogP contribution in [0.4, 0.5) is 5.69 Å². The molecule has 0 aliphatic rings. The van der Waals surface area contributed by atoms with Gasteiger partial charge in [0.25, 0.3) is 5.91 Å². The van der Waals surface area contributed by atoms with E-state index in [0.29, 0.717) is 22.9 Å². The van der Waals surface area contributed by atoms with Crippen molar-refractivity contribution >= 4 is 34.1 Å². The second-order valence-electron chi connectivity index (χ2n) is 6.16. The van der Waals surface area contributed by atoms with E-state index in [1.54, 1.807) is 10.9 Å². The number of aromatic nitrogens is 3. The van der Waals surface area contributed by atoms with E-state index in [4.69, 9.17) is 11.6 Å². The Morgan fingerprint density at radius 3 is 2.77 bits per heavy atom. The van der Waals surface area contributed by atoms with E-state index in [2.05, 4.69) is 10.4 Å². The maximum Gasteiger partial charge on any atom is 0.272 e. The van der Waals surface area contributed by atoms with Crippen molar-refractivity contribution in [3.63, 3.8) is 0 Å². The Hall–Kier alpha value is -3.05. The van der Waals surface area contributed by atoms with Crippen molar-refractivity contribution in [1.82, 2.24) is 14.3 Å². The fraction of sp³-hybridized carbons (Fsp3) is 0.100. The van der Waals surface area contributed by atoms with Gasteiger partial charge in [0.2, 0.25) is 0 Å². The number of amides is 1. The Bertz CT molecular complexity index is 1080. The van der Waals surface area contributed by atoms with Gasteiger partial charge in [0, 0.05) is 29.2 Å². The van der Waals surface area contributed by atoms with Gasteiger partial charge in [-0.05, 0) is 23.8 Å².